The van der Waals surface area contributed by atoms with E-state index in [9.17, 15) is 4.79 Å². The molecule has 2 aromatic rings. The van der Waals surface area contributed by atoms with Crippen LogP contribution in [0.4, 0.5) is 0 Å². The molecule has 1 fully saturated rings. The Morgan fingerprint density at radius 1 is 1.10 bits per heavy atom. The van der Waals surface area contributed by atoms with Crippen LogP contribution < -0.4 is 14.8 Å². The lowest BCUT2D eigenvalue weighted by Gasteiger charge is -2.32. The minimum Gasteiger partial charge on any atom is -0.494 e. The average Bonchev–Trinajstić information content (AvgIpc) is 2.79. The minimum absolute atomic E-state index is 0.0361. The van der Waals surface area contributed by atoms with Crippen molar-refractivity contribution in [2.45, 2.75) is 26.4 Å². The Balaban J connectivity index is 1.26. The Kier molecular flexibility index (Phi) is 7.10. The molecule has 4 rings (SSSR count). The summed E-state index contributed by atoms with van der Waals surface area (Å²) in [5.41, 5.74) is 3.47. The molecule has 0 bridgehead atoms. The number of amides is 1. The Labute approximate surface area is 185 Å². The van der Waals surface area contributed by atoms with E-state index in [1.165, 1.54) is 5.56 Å². The molecule has 1 N–H and O–H groups in total. The molecule has 166 valence electrons. The van der Waals surface area contributed by atoms with Gasteiger partial charge in [-0.25, -0.2) is 0 Å². The second-order valence-corrected chi connectivity index (χ2v) is 8.53. The molecule has 0 aromatic heterocycles. The summed E-state index contributed by atoms with van der Waals surface area (Å²) in [6.45, 7) is 9.03. The molecule has 2 heterocycles. The van der Waals surface area contributed by atoms with Gasteiger partial charge in [0.2, 0.25) is 5.91 Å². The molecular formula is C25H33N3O3. The van der Waals surface area contributed by atoms with Gasteiger partial charge in [-0.3, -0.25) is 9.69 Å². The maximum Gasteiger partial charge on any atom is 0.227 e. The fraction of sp³-hybridized carbons (Fsp3) is 0.480. The highest BCUT2D eigenvalue weighted by molar-refractivity contribution is 5.79. The number of rotatable bonds is 7. The molecule has 0 saturated carbocycles. The lowest BCUT2D eigenvalue weighted by Crippen LogP contribution is -2.43. The van der Waals surface area contributed by atoms with Crippen LogP contribution in [0.15, 0.2) is 42.5 Å². The molecule has 2 aliphatic heterocycles. The molecule has 6 heteroatoms. The Morgan fingerprint density at radius 3 is 2.58 bits per heavy atom. The van der Waals surface area contributed by atoms with Crippen molar-refractivity contribution in [3.63, 3.8) is 0 Å². The van der Waals surface area contributed by atoms with Crippen molar-refractivity contribution in [3.8, 4) is 11.5 Å². The standard InChI is InChI=1S/C25H33N3O3/c1-3-30-23-8-9-24-21(15-23)14-22(18-31-24)25(29)26-16-19-4-6-20(7-5-19)17-28-12-10-27(2)11-13-28/h4-9,15,22H,3,10-14,16-18H2,1-2H3,(H,26,29). The molecule has 1 atom stereocenters. The molecule has 31 heavy (non-hydrogen) atoms. The highest BCUT2D eigenvalue weighted by Crippen LogP contribution is 2.31. The van der Waals surface area contributed by atoms with Crippen LogP contribution in [-0.2, 0) is 24.3 Å². The smallest absolute Gasteiger partial charge is 0.227 e. The van der Waals surface area contributed by atoms with Crippen LogP contribution in [0.1, 0.15) is 23.6 Å². The average molecular weight is 424 g/mol. The second kappa shape index (κ2) is 10.2. The Morgan fingerprint density at radius 2 is 1.84 bits per heavy atom. The van der Waals surface area contributed by atoms with Crippen molar-refractivity contribution >= 4 is 5.91 Å². The first-order chi connectivity index (χ1) is 15.1. The number of fused-ring (bicyclic) bond motifs is 1. The molecule has 6 nitrogen and oxygen atoms in total. The maximum absolute atomic E-state index is 12.7. The quantitative estimate of drug-likeness (QED) is 0.742. The van der Waals surface area contributed by atoms with Gasteiger partial charge in [-0.15, -0.1) is 0 Å². The number of nitrogens with one attached hydrogen (secondary N) is 1. The van der Waals surface area contributed by atoms with E-state index in [2.05, 4.69) is 46.4 Å². The first kappa shape index (κ1) is 21.7. The minimum atomic E-state index is -0.180. The van der Waals surface area contributed by atoms with E-state index in [1.807, 2.05) is 25.1 Å². The first-order valence-corrected chi connectivity index (χ1v) is 11.3. The zero-order valence-corrected chi connectivity index (χ0v) is 18.6. The van der Waals surface area contributed by atoms with Crippen molar-refractivity contribution in [1.82, 2.24) is 15.1 Å². The SMILES string of the molecule is CCOc1ccc2c(c1)CC(C(=O)NCc1ccc(CN3CCN(C)CC3)cc1)CO2. The highest BCUT2D eigenvalue weighted by Gasteiger charge is 2.26. The molecule has 1 saturated heterocycles. The molecule has 1 unspecified atom stereocenters. The van der Waals surface area contributed by atoms with Gasteiger partial charge in [0, 0.05) is 39.3 Å². The summed E-state index contributed by atoms with van der Waals surface area (Å²) in [5, 5.41) is 3.08. The van der Waals surface area contributed by atoms with Crippen LogP contribution in [0.25, 0.3) is 0 Å². The van der Waals surface area contributed by atoms with Gasteiger partial charge in [0.05, 0.1) is 12.5 Å². The summed E-state index contributed by atoms with van der Waals surface area (Å²) in [7, 11) is 2.18. The summed E-state index contributed by atoms with van der Waals surface area (Å²) in [6, 6.07) is 14.4. The van der Waals surface area contributed by atoms with Crippen LogP contribution in [0.3, 0.4) is 0 Å². The second-order valence-electron chi connectivity index (χ2n) is 8.53. The largest absolute Gasteiger partial charge is 0.494 e. The summed E-state index contributed by atoms with van der Waals surface area (Å²) in [5.74, 6) is 1.53. The van der Waals surface area contributed by atoms with E-state index in [0.29, 0.717) is 26.2 Å². The molecular weight excluding hydrogens is 390 g/mol. The third kappa shape index (κ3) is 5.77. The van der Waals surface area contributed by atoms with Gasteiger partial charge < -0.3 is 19.7 Å². The van der Waals surface area contributed by atoms with E-state index >= 15 is 0 Å². The normalized spacial score (nSPS) is 19.4. The Bertz CT molecular complexity index is 876. The Hall–Kier alpha value is -2.57. The van der Waals surface area contributed by atoms with Crippen molar-refractivity contribution in [1.29, 1.82) is 0 Å². The number of hydrogen-bond donors (Lipinski definition) is 1. The van der Waals surface area contributed by atoms with E-state index in [0.717, 1.165) is 55.3 Å². The molecule has 0 aliphatic carbocycles. The summed E-state index contributed by atoms with van der Waals surface area (Å²) >= 11 is 0. The van der Waals surface area contributed by atoms with E-state index in [-0.39, 0.29) is 11.8 Å². The maximum atomic E-state index is 12.7. The molecule has 2 aliphatic rings. The van der Waals surface area contributed by atoms with Gasteiger partial charge in [-0.2, -0.15) is 0 Å². The predicted octanol–water partition coefficient (Wildman–Crippen LogP) is 2.70. The van der Waals surface area contributed by atoms with Gasteiger partial charge in [0.25, 0.3) is 0 Å². The third-order valence-corrected chi connectivity index (χ3v) is 6.11. The zero-order chi connectivity index (χ0) is 21.6. The predicted molar refractivity (Wildman–Crippen MR) is 121 cm³/mol. The summed E-state index contributed by atoms with van der Waals surface area (Å²) < 4.78 is 11.4. The number of likely N-dealkylation sites (N-methyl/N-ethyl adjacent to an activating group) is 1. The molecule has 1 amide bonds. The first-order valence-electron chi connectivity index (χ1n) is 11.3. The molecule has 0 spiro atoms. The van der Waals surface area contributed by atoms with Crippen LogP contribution in [0, 0.1) is 5.92 Å². The fourth-order valence-electron chi connectivity index (χ4n) is 4.16. The van der Waals surface area contributed by atoms with Gasteiger partial charge in [0.1, 0.15) is 18.1 Å². The van der Waals surface area contributed by atoms with Crippen LogP contribution in [-0.4, -0.2) is 62.1 Å². The van der Waals surface area contributed by atoms with Crippen LogP contribution in [0.5, 0.6) is 11.5 Å². The number of carbonyl (C=O) groups excluding carboxylic acids is 1. The van der Waals surface area contributed by atoms with Gasteiger partial charge in [0.15, 0.2) is 0 Å². The number of nitrogens with zero attached hydrogens (tertiary/aromatic N) is 2. The topological polar surface area (TPSA) is 54.0 Å². The summed E-state index contributed by atoms with van der Waals surface area (Å²) in [4.78, 5) is 17.6. The van der Waals surface area contributed by atoms with E-state index < -0.39 is 0 Å². The fourth-order valence-corrected chi connectivity index (χ4v) is 4.16. The lowest BCUT2D eigenvalue weighted by molar-refractivity contribution is -0.126. The van der Waals surface area contributed by atoms with Crippen molar-refractivity contribution in [2.24, 2.45) is 5.92 Å². The van der Waals surface area contributed by atoms with Crippen molar-refractivity contribution < 1.29 is 14.3 Å². The van der Waals surface area contributed by atoms with Crippen molar-refractivity contribution in [3.05, 3.63) is 59.2 Å². The van der Waals surface area contributed by atoms with Crippen LogP contribution >= 0.6 is 0 Å². The van der Waals surface area contributed by atoms with Crippen LogP contribution in [0.2, 0.25) is 0 Å². The number of piperazine rings is 1. The van der Waals surface area contributed by atoms with E-state index in [1.54, 1.807) is 0 Å². The number of hydrogen-bond acceptors (Lipinski definition) is 5. The van der Waals surface area contributed by atoms with Gasteiger partial charge >= 0.3 is 0 Å². The number of carbonyl (C=O) groups is 1. The number of benzene rings is 2. The summed E-state index contributed by atoms with van der Waals surface area (Å²) in [6.07, 6.45) is 0.673. The molecule has 0 radical (unpaired) electrons. The van der Waals surface area contributed by atoms with Gasteiger partial charge in [-0.05, 0) is 55.3 Å². The van der Waals surface area contributed by atoms with Gasteiger partial charge in [-0.1, -0.05) is 24.3 Å². The monoisotopic (exact) mass is 423 g/mol. The van der Waals surface area contributed by atoms with E-state index in [4.69, 9.17) is 9.47 Å². The highest BCUT2D eigenvalue weighted by atomic mass is 16.5. The number of ether oxygens (including phenoxy) is 2. The third-order valence-electron chi connectivity index (χ3n) is 6.11. The molecule has 2 aromatic carbocycles. The zero-order valence-electron chi connectivity index (χ0n) is 18.6. The lowest BCUT2D eigenvalue weighted by atomic mass is 9.95. The van der Waals surface area contributed by atoms with Crippen molar-refractivity contribution in [2.75, 3.05) is 46.4 Å².